The standard InChI is InChI=1S/C15H18O4/c1-2-18-15(17)14(16)11-5-3-9-4-6-12-10(13(9)11)7-8-19-12/h4,6,11,14,16H,2-3,5,7-8H2,1H3. The molecular formula is C15H18O4. The molecule has 3 rings (SSSR count). The summed E-state index contributed by atoms with van der Waals surface area (Å²) in [5.74, 6) is 0.240. The topological polar surface area (TPSA) is 55.8 Å². The van der Waals surface area contributed by atoms with Crippen LogP contribution in [-0.4, -0.2) is 30.4 Å². The number of esters is 1. The van der Waals surface area contributed by atoms with Gasteiger partial charge in [-0.2, -0.15) is 0 Å². The van der Waals surface area contributed by atoms with Gasteiger partial charge in [0.1, 0.15) is 5.75 Å². The second kappa shape index (κ2) is 4.85. The number of aliphatic hydroxyl groups excluding tert-OH is 1. The highest BCUT2D eigenvalue weighted by Gasteiger charge is 2.37. The van der Waals surface area contributed by atoms with Crippen LogP contribution in [0.15, 0.2) is 12.1 Å². The van der Waals surface area contributed by atoms with Crippen LogP contribution < -0.4 is 4.74 Å². The van der Waals surface area contributed by atoms with Crippen molar-refractivity contribution < 1.29 is 19.4 Å². The first kappa shape index (κ1) is 12.5. The minimum atomic E-state index is -1.06. The third kappa shape index (κ3) is 2.00. The van der Waals surface area contributed by atoms with Gasteiger partial charge in [0.15, 0.2) is 6.10 Å². The van der Waals surface area contributed by atoms with E-state index in [-0.39, 0.29) is 5.92 Å². The molecule has 0 saturated heterocycles. The lowest BCUT2D eigenvalue weighted by Gasteiger charge is -2.19. The third-order valence-corrected chi connectivity index (χ3v) is 4.02. The van der Waals surface area contributed by atoms with Gasteiger partial charge in [-0.1, -0.05) is 6.07 Å². The van der Waals surface area contributed by atoms with Crippen molar-refractivity contribution in [3.63, 3.8) is 0 Å². The van der Waals surface area contributed by atoms with Crippen LogP contribution in [0.1, 0.15) is 36.0 Å². The molecule has 1 aliphatic heterocycles. The lowest BCUT2D eigenvalue weighted by atomic mass is 9.90. The van der Waals surface area contributed by atoms with Crippen molar-refractivity contribution in [3.05, 3.63) is 28.8 Å². The Labute approximate surface area is 112 Å². The van der Waals surface area contributed by atoms with Gasteiger partial charge in [-0.15, -0.1) is 0 Å². The van der Waals surface area contributed by atoms with E-state index in [4.69, 9.17) is 9.47 Å². The zero-order valence-corrected chi connectivity index (χ0v) is 11.0. The number of aryl methyl sites for hydroxylation is 1. The highest BCUT2D eigenvalue weighted by atomic mass is 16.5. The van der Waals surface area contributed by atoms with Gasteiger partial charge in [-0.05, 0) is 37.0 Å². The van der Waals surface area contributed by atoms with E-state index in [9.17, 15) is 9.90 Å². The fourth-order valence-corrected chi connectivity index (χ4v) is 3.19. The quantitative estimate of drug-likeness (QED) is 0.840. The maximum Gasteiger partial charge on any atom is 0.335 e. The van der Waals surface area contributed by atoms with E-state index in [2.05, 4.69) is 6.07 Å². The minimum absolute atomic E-state index is 0.148. The van der Waals surface area contributed by atoms with Crippen molar-refractivity contribution >= 4 is 5.97 Å². The van der Waals surface area contributed by atoms with Gasteiger partial charge in [0.05, 0.1) is 13.2 Å². The summed E-state index contributed by atoms with van der Waals surface area (Å²) in [5.41, 5.74) is 3.52. The van der Waals surface area contributed by atoms with E-state index in [0.717, 1.165) is 30.6 Å². The van der Waals surface area contributed by atoms with E-state index >= 15 is 0 Å². The van der Waals surface area contributed by atoms with Gasteiger partial charge in [0.2, 0.25) is 0 Å². The largest absolute Gasteiger partial charge is 0.493 e. The summed E-state index contributed by atoms with van der Waals surface area (Å²) in [4.78, 5) is 11.7. The second-order valence-corrected chi connectivity index (χ2v) is 5.06. The Morgan fingerprint density at radius 1 is 1.53 bits per heavy atom. The number of hydrogen-bond acceptors (Lipinski definition) is 4. The molecule has 0 fully saturated rings. The van der Waals surface area contributed by atoms with Crippen molar-refractivity contribution in [1.82, 2.24) is 0 Å². The summed E-state index contributed by atoms with van der Waals surface area (Å²) in [7, 11) is 0. The fraction of sp³-hybridized carbons (Fsp3) is 0.533. The number of ether oxygens (including phenoxy) is 2. The van der Waals surface area contributed by atoms with E-state index in [1.54, 1.807) is 6.92 Å². The molecular weight excluding hydrogens is 244 g/mol. The van der Waals surface area contributed by atoms with Gasteiger partial charge in [-0.25, -0.2) is 4.79 Å². The molecule has 0 radical (unpaired) electrons. The van der Waals surface area contributed by atoms with Gasteiger partial charge < -0.3 is 14.6 Å². The molecule has 4 heteroatoms. The van der Waals surface area contributed by atoms with Gasteiger partial charge in [-0.3, -0.25) is 0 Å². The number of hydrogen-bond donors (Lipinski definition) is 1. The van der Waals surface area contributed by atoms with Crippen molar-refractivity contribution in [3.8, 4) is 5.75 Å². The summed E-state index contributed by atoms with van der Waals surface area (Å²) < 4.78 is 10.5. The number of aliphatic hydroxyl groups is 1. The molecule has 1 heterocycles. The molecule has 1 N–H and O–H groups in total. The van der Waals surface area contributed by atoms with Crippen LogP contribution in [0.25, 0.3) is 0 Å². The molecule has 0 amide bonds. The van der Waals surface area contributed by atoms with Crippen LogP contribution in [0.3, 0.4) is 0 Å². The van der Waals surface area contributed by atoms with Crippen molar-refractivity contribution in [2.75, 3.05) is 13.2 Å². The molecule has 19 heavy (non-hydrogen) atoms. The lowest BCUT2D eigenvalue weighted by Crippen LogP contribution is -2.29. The second-order valence-electron chi connectivity index (χ2n) is 5.06. The van der Waals surface area contributed by atoms with Crippen LogP contribution in [0.4, 0.5) is 0 Å². The molecule has 2 aliphatic rings. The Bertz CT molecular complexity index is 509. The first-order chi connectivity index (χ1) is 9.22. The number of carbonyl (C=O) groups excluding carboxylic acids is 1. The van der Waals surface area contributed by atoms with Crippen LogP contribution in [0.5, 0.6) is 5.75 Å². The van der Waals surface area contributed by atoms with Gasteiger partial charge >= 0.3 is 5.97 Å². The molecule has 4 nitrogen and oxygen atoms in total. The molecule has 1 aliphatic carbocycles. The van der Waals surface area contributed by atoms with E-state index in [1.807, 2.05) is 6.07 Å². The van der Waals surface area contributed by atoms with E-state index < -0.39 is 12.1 Å². The van der Waals surface area contributed by atoms with Gasteiger partial charge in [0.25, 0.3) is 0 Å². The number of rotatable bonds is 3. The average Bonchev–Trinajstić information content (AvgIpc) is 3.03. The summed E-state index contributed by atoms with van der Waals surface area (Å²) in [6.45, 7) is 2.73. The predicted molar refractivity (Wildman–Crippen MR) is 69.3 cm³/mol. The zero-order valence-electron chi connectivity index (χ0n) is 11.0. The SMILES string of the molecule is CCOC(=O)C(O)C1CCc2ccc3c(c21)CCO3. The van der Waals surface area contributed by atoms with Crippen molar-refractivity contribution in [2.45, 2.75) is 38.2 Å². The summed E-state index contributed by atoms with van der Waals surface area (Å²) in [6.07, 6.45) is 1.51. The summed E-state index contributed by atoms with van der Waals surface area (Å²) >= 11 is 0. The maximum atomic E-state index is 11.7. The molecule has 1 aromatic carbocycles. The molecule has 2 atom stereocenters. The highest BCUT2D eigenvalue weighted by molar-refractivity contribution is 5.76. The lowest BCUT2D eigenvalue weighted by molar-refractivity contribution is -0.154. The molecule has 0 spiro atoms. The molecule has 102 valence electrons. The molecule has 0 bridgehead atoms. The van der Waals surface area contributed by atoms with Crippen LogP contribution in [-0.2, 0) is 22.4 Å². The predicted octanol–water partition coefficient (Wildman–Crippen LogP) is 1.58. The maximum absolute atomic E-state index is 11.7. The Morgan fingerprint density at radius 2 is 2.37 bits per heavy atom. The Morgan fingerprint density at radius 3 is 3.16 bits per heavy atom. The monoisotopic (exact) mass is 262 g/mol. The molecule has 0 saturated carbocycles. The molecule has 1 aromatic rings. The Hall–Kier alpha value is -1.55. The van der Waals surface area contributed by atoms with E-state index in [1.165, 1.54) is 11.1 Å². The Kier molecular flexibility index (Phi) is 3.19. The Balaban J connectivity index is 1.93. The normalized spacial score (nSPS) is 21.5. The minimum Gasteiger partial charge on any atom is -0.493 e. The van der Waals surface area contributed by atoms with Gasteiger partial charge in [0, 0.05) is 17.9 Å². The zero-order chi connectivity index (χ0) is 13.4. The third-order valence-electron chi connectivity index (χ3n) is 4.02. The first-order valence-electron chi connectivity index (χ1n) is 6.84. The van der Waals surface area contributed by atoms with Crippen LogP contribution >= 0.6 is 0 Å². The number of benzene rings is 1. The fourth-order valence-electron chi connectivity index (χ4n) is 3.19. The smallest absolute Gasteiger partial charge is 0.335 e. The van der Waals surface area contributed by atoms with Crippen molar-refractivity contribution in [2.24, 2.45) is 0 Å². The van der Waals surface area contributed by atoms with Crippen LogP contribution in [0.2, 0.25) is 0 Å². The first-order valence-corrected chi connectivity index (χ1v) is 6.84. The number of fused-ring (bicyclic) bond motifs is 3. The molecule has 2 unspecified atom stereocenters. The average molecular weight is 262 g/mol. The summed E-state index contributed by atoms with van der Waals surface area (Å²) in [5, 5.41) is 10.2. The summed E-state index contributed by atoms with van der Waals surface area (Å²) in [6, 6.07) is 4.05. The molecule has 0 aromatic heterocycles. The highest BCUT2D eigenvalue weighted by Crippen LogP contribution is 2.43. The van der Waals surface area contributed by atoms with Crippen LogP contribution in [0, 0.1) is 0 Å². The number of carbonyl (C=O) groups is 1. The van der Waals surface area contributed by atoms with Crippen molar-refractivity contribution in [1.29, 1.82) is 0 Å². The van der Waals surface area contributed by atoms with E-state index in [0.29, 0.717) is 13.2 Å².